The van der Waals surface area contributed by atoms with E-state index in [1.165, 1.54) is 0 Å². The van der Waals surface area contributed by atoms with Crippen LogP contribution in [0.2, 0.25) is 0 Å². The van der Waals surface area contributed by atoms with Crippen LogP contribution in [0.1, 0.15) is 22.5 Å². The number of urea groups is 1. The van der Waals surface area contributed by atoms with Crippen LogP contribution in [0, 0.1) is 20.8 Å². The van der Waals surface area contributed by atoms with Crippen LogP contribution in [0.15, 0.2) is 70.4 Å². The van der Waals surface area contributed by atoms with Crippen molar-refractivity contribution in [1.82, 2.24) is 15.0 Å². The molecule has 4 rings (SSSR count). The van der Waals surface area contributed by atoms with Gasteiger partial charge < -0.3 is 9.88 Å². The molecule has 2 heterocycles. The van der Waals surface area contributed by atoms with Crippen molar-refractivity contribution in [3.05, 3.63) is 87.8 Å². The summed E-state index contributed by atoms with van der Waals surface area (Å²) in [5.74, 6) is 0. The summed E-state index contributed by atoms with van der Waals surface area (Å²) < 4.78 is 3.16. The Morgan fingerprint density at radius 1 is 1.10 bits per heavy atom. The molecule has 0 atom stereocenters. The number of benzene rings is 2. The highest BCUT2D eigenvalue weighted by Gasteiger charge is 2.10. The van der Waals surface area contributed by atoms with Gasteiger partial charge >= 0.3 is 6.03 Å². The van der Waals surface area contributed by atoms with Crippen molar-refractivity contribution in [2.45, 2.75) is 20.8 Å². The molecule has 0 radical (unpaired) electrons. The van der Waals surface area contributed by atoms with E-state index in [1.54, 1.807) is 12.4 Å². The van der Waals surface area contributed by atoms with Crippen LogP contribution in [-0.2, 0) is 0 Å². The molecule has 0 saturated carbocycles. The van der Waals surface area contributed by atoms with Gasteiger partial charge in [0.05, 0.1) is 11.7 Å². The monoisotopic (exact) mass is 475 g/mol. The van der Waals surface area contributed by atoms with Crippen molar-refractivity contribution >= 4 is 44.8 Å². The summed E-state index contributed by atoms with van der Waals surface area (Å²) in [6.07, 6.45) is 3.46. The largest absolute Gasteiger partial charge is 0.339 e. The van der Waals surface area contributed by atoms with E-state index in [-0.39, 0.29) is 0 Å². The first kappa shape index (κ1) is 20.8. The lowest BCUT2D eigenvalue weighted by molar-refractivity contribution is 0.252. The first-order valence-electron chi connectivity index (χ1n) is 9.82. The fraction of sp³-hybridized carbons (Fsp3) is 0.125. The lowest BCUT2D eigenvalue weighted by Crippen LogP contribution is -2.24. The Balaban J connectivity index is 1.49. The number of amides is 2. The number of anilines is 1. The number of hydrazone groups is 1. The Kier molecular flexibility index (Phi) is 5.86. The zero-order valence-corrected chi connectivity index (χ0v) is 19.1. The van der Waals surface area contributed by atoms with Crippen LogP contribution in [0.4, 0.5) is 10.5 Å². The maximum Gasteiger partial charge on any atom is 0.339 e. The van der Waals surface area contributed by atoms with Gasteiger partial charge in [-0.1, -0.05) is 22.0 Å². The van der Waals surface area contributed by atoms with Crippen molar-refractivity contribution in [3.63, 3.8) is 0 Å². The lowest BCUT2D eigenvalue weighted by Gasteiger charge is -2.10. The molecule has 2 aromatic carbocycles. The summed E-state index contributed by atoms with van der Waals surface area (Å²) in [4.78, 5) is 16.5. The third kappa shape index (κ3) is 4.51. The third-order valence-corrected chi connectivity index (χ3v) is 5.99. The van der Waals surface area contributed by atoms with Gasteiger partial charge in [-0.05, 0) is 74.9 Å². The first-order chi connectivity index (χ1) is 14.9. The highest BCUT2D eigenvalue weighted by molar-refractivity contribution is 9.10. The highest BCUT2D eigenvalue weighted by Crippen LogP contribution is 2.23. The molecule has 0 aliphatic heterocycles. The van der Waals surface area contributed by atoms with Crippen molar-refractivity contribution in [3.8, 4) is 5.69 Å². The molecule has 0 aliphatic carbocycles. The molecule has 0 bridgehead atoms. The van der Waals surface area contributed by atoms with Crippen molar-refractivity contribution in [2.24, 2.45) is 5.10 Å². The number of nitrogens with one attached hydrogen (secondary N) is 2. The van der Waals surface area contributed by atoms with E-state index < -0.39 is 6.03 Å². The second-order valence-electron chi connectivity index (χ2n) is 7.33. The molecule has 31 heavy (non-hydrogen) atoms. The van der Waals surface area contributed by atoms with Gasteiger partial charge in [0.2, 0.25) is 0 Å². The molecular weight excluding hydrogens is 454 g/mol. The maximum absolute atomic E-state index is 12.1. The fourth-order valence-electron chi connectivity index (χ4n) is 3.56. The third-order valence-electron chi connectivity index (χ3n) is 5.10. The van der Waals surface area contributed by atoms with Gasteiger partial charge in [0.1, 0.15) is 0 Å². The SMILES string of the molecule is Cc1cc(NC(=O)N/N=C/c2cc(C)n(-c3ccc4ncccc4c3)c2C)ccc1Br. The van der Waals surface area contributed by atoms with E-state index >= 15 is 0 Å². The van der Waals surface area contributed by atoms with Crippen LogP contribution < -0.4 is 10.7 Å². The molecule has 7 heteroatoms. The molecule has 2 aromatic heterocycles. The molecule has 0 saturated heterocycles. The van der Waals surface area contributed by atoms with Gasteiger partial charge in [0, 0.05) is 44.4 Å². The summed E-state index contributed by atoms with van der Waals surface area (Å²) >= 11 is 3.45. The number of rotatable bonds is 4. The Hall–Kier alpha value is -3.45. The lowest BCUT2D eigenvalue weighted by atomic mass is 10.2. The van der Waals surface area contributed by atoms with Crippen molar-refractivity contribution < 1.29 is 4.79 Å². The molecule has 4 aromatic rings. The standard InChI is InChI=1S/C24H22BrN5O/c1-15-11-20(6-8-22(15)25)28-24(31)29-27-14-19-12-16(2)30(17(19)3)21-7-9-23-18(13-21)5-4-10-26-23/h4-14H,1-3H3,(H2,28,29,31)/b27-14+. The van der Waals surface area contributed by atoms with E-state index in [1.807, 2.05) is 57.2 Å². The van der Waals surface area contributed by atoms with Crippen LogP contribution in [-0.4, -0.2) is 21.8 Å². The average Bonchev–Trinajstić information content (AvgIpc) is 3.03. The summed E-state index contributed by atoms with van der Waals surface area (Å²) in [7, 11) is 0. The number of carbonyl (C=O) groups is 1. The van der Waals surface area contributed by atoms with E-state index in [2.05, 4.69) is 59.5 Å². The first-order valence-corrected chi connectivity index (χ1v) is 10.6. The zero-order valence-electron chi connectivity index (χ0n) is 17.5. The van der Waals surface area contributed by atoms with E-state index in [9.17, 15) is 4.79 Å². The zero-order chi connectivity index (χ0) is 22.0. The van der Waals surface area contributed by atoms with Crippen LogP contribution >= 0.6 is 15.9 Å². The number of hydrogen-bond donors (Lipinski definition) is 2. The number of halogens is 1. The van der Waals surface area contributed by atoms with Crippen LogP contribution in [0.5, 0.6) is 0 Å². The van der Waals surface area contributed by atoms with Gasteiger partial charge in [0.25, 0.3) is 0 Å². The minimum atomic E-state index is -0.395. The average molecular weight is 476 g/mol. The number of fused-ring (bicyclic) bond motifs is 1. The Labute approximate surface area is 189 Å². The number of carbonyl (C=O) groups excluding carboxylic acids is 1. The summed E-state index contributed by atoms with van der Waals surface area (Å²) in [5.41, 5.74) is 9.35. The minimum absolute atomic E-state index is 0.395. The van der Waals surface area contributed by atoms with Gasteiger partial charge in [0.15, 0.2) is 0 Å². The van der Waals surface area contributed by atoms with E-state index in [0.29, 0.717) is 5.69 Å². The molecule has 156 valence electrons. The van der Waals surface area contributed by atoms with Crippen LogP contribution in [0.25, 0.3) is 16.6 Å². The second kappa shape index (κ2) is 8.73. The van der Waals surface area contributed by atoms with E-state index in [0.717, 1.165) is 43.6 Å². The number of nitrogens with zero attached hydrogens (tertiary/aromatic N) is 3. The number of pyridine rings is 1. The normalized spacial score (nSPS) is 11.2. The molecule has 2 N–H and O–H groups in total. The van der Waals surface area contributed by atoms with E-state index in [4.69, 9.17) is 0 Å². The number of aryl methyl sites for hydroxylation is 2. The van der Waals surface area contributed by atoms with Gasteiger partial charge in [-0.3, -0.25) is 4.98 Å². The fourth-order valence-corrected chi connectivity index (χ4v) is 3.81. The number of hydrogen-bond acceptors (Lipinski definition) is 3. The smallest absolute Gasteiger partial charge is 0.318 e. The summed E-state index contributed by atoms with van der Waals surface area (Å²) in [6, 6.07) is 17.4. The second-order valence-corrected chi connectivity index (χ2v) is 8.18. The van der Waals surface area contributed by atoms with Crippen molar-refractivity contribution in [2.75, 3.05) is 5.32 Å². The Bertz CT molecular complexity index is 1310. The van der Waals surface area contributed by atoms with Crippen molar-refractivity contribution in [1.29, 1.82) is 0 Å². The quantitative estimate of drug-likeness (QED) is 0.286. The molecule has 6 nitrogen and oxygen atoms in total. The summed E-state index contributed by atoms with van der Waals surface area (Å²) in [5, 5.41) is 7.98. The Morgan fingerprint density at radius 3 is 2.74 bits per heavy atom. The topological polar surface area (TPSA) is 71.3 Å². The minimum Gasteiger partial charge on any atom is -0.318 e. The van der Waals surface area contributed by atoms with Gasteiger partial charge in [-0.25, -0.2) is 10.2 Å². The Morgan fingerprint density at radius 2 is 1.94 bits per heavy atom. The van der Waals surface area contributed by atoms with Gasteiger partial charge in [-0.15, -0.1) is 0 Å². The molecule has 0 aliphatic rings. The predicted molar refractivity (Wildman–Crippen MR) is 129 cm³/mol. The molecule has 2 amide bonds. The molecule has 0 fully saturated rings. The predicted octanol–water partition coefficient (Wildman–Crippen LogP) is 5.87. The van der Waals surface area contributed by atoms with Crippen LogP contribution in [0.3, 0.4) is 0 Å². The van der Waals surface area contributed by atoms with Gasteiger partial charge in [-0.2, -0.15) is 5.10 Å². The molecule has 0 spiro atoms. The highest BCUT2D eigenvalue weighted by atomic mass is 79.9. The molecule has 0 unspecified atom stereocenters. The number of aromatic nitrogens is 2. The summed E-state index contributed by atoms with van der Waals surface area (Å²) in [6.45, 7) is 6.05. The maximum atomic E-state index is 12.1. The molecular formula is C24H22BrN5O.